The smallest absolute Gasteiger partial charge is 0.269 e. The zero-order valence-electron chi connectivity index (χ0n) is 7.33. The van der Waals surface area contributed by atoms with Crippen molar-refractivity contribution in [1.82, 2.24) is 4.90 Å². The Labute approximate surface area is 91.2 Å². The number of hydrogen-bond acceptors (Lipinski definition) is 2. The molecule has 1 rings (SSSR count). The first-order valence-electron chi connectivity index (χ1n) is 3.76. The number of benzene rings is 1. The third-order valence-corrected chi connectivity index (χ3v) is 2.26. The number of carbonyl (C=O) groups excluding carboxylic acids is 2. The van der Waals surface area contributed by atoms with E-state index in [2.05, 4.69) is 0 Å². The van der Waals surface area contributed by atoms with Crippen LogP contribution < -0.4 is 0 Å². The molecular weight excluding hydrogens is 225 g/mol. The molecule has 0 fully saturated rings. The molecule has 0 saturated carbocycles. The first-order chi connectivity index (χ1) is 6.54. The summed E-state index contributed by atoms with van der Waals surface area (Å²) in [6.07, 6.45) is 0. The third kappa shape index (κ3) is 2.25. The van der Waals surface area contributed by atoms with Crippen LogP contribution in [-0.2, 0) is 0 Å². The predicted octanol–water partition coefficient (Wildman–Crippen LogP) is 2.77. The second-order valence-corrected chi connectivity index (χ2v) is 3.33. The minimum atomic E-state index is -0.838. The van der Waals surface area contributed by atoms with Gasteiger partial charge in [0.05, 0.1) is 10.6 Å². The van der Waals surface area contributed by atoms with Gasteiger partial charge >= 0.3 is 5.37 Å². The molecule has 14 heavy (non-hydrogen) atoms. The fourth-order valence-electron chi connectivity index (χ4n) is 0.895. The number of nitrogens with zero attached hydrogens (tertiary/aromatic N) is 1. The molecule has 0 atom stereocenters. The molecule has 3 nitrogen and oxygen atoms in total. The summed E-state index contributed by atoms with van der Waals surface area (Å²) in [6, 6.07) is 6.45. The first-order valence-corrected chi connectivity index (χ1v) is 4.51. The lowest BCUT2D eigenvalue weighted by Gasteiger charge is -2.11. The van der Waals surface area contributed by atoms with Crippen molar-refractivity contribution in [2.45, 2.75) is 0 Å². The Kier molecular flexibility index (Phi) is 3.49. The molecule has 0 aliphatic heterocycles. The van der Waals surface area contributed by atoms with Crippen LogP contribution in [0.25, 0.3) is 0 Å². The van der Waals surface area contributed by atoms with Crippen LogP contribution in [-0.4, -0.2) is 23.2 Å². The SMILES string of the molecule is CN(C(=O)Cl)C(=O)c1ccccc1Cl. The minimum Gasteiger partial charge on any atom is -0.269 e. The van der Waals surface area contributed by atoms with Crippen molar-refractivity contribution in [1.29, 1.82) is 0 Å². The van der Waals surface area contributed by atoms with E-state index in [-0.39, 0.29) is 5.56 Å². The van der Waals surface area contributed by atoms with Gasteiger partial charge in [-0.2, -0.15) is 0 Å². The topological polar surface area (TPSA) is 37.4 Å². The molecule has 2 amide bonds. The fraction of sp³-hybridized carbons (Fsp3) is 0.111. The van der Waals surface area contributed by atoms with Crippen molar-refractivity contribution in [2.24, 2.45) is 0 Å². The van der Waals surface area contributed by atoms with E-state index in [4.69, 9.17) is 23.2 Å². The van der Waals surface area contributed by atoms with Gasteiger partial charge in [0.25, 0.3) is 5.91 Å². The molecule has 0 unspecified atom stereocenters. The van der Waals surface area contributed by atoms with E-state index >= 15 is 0 Å². The van der Waals surface area contributed by atoms with Gasteiger partial charge in [-0.1, -0.05) is 23.7 Å². The summed E-state index contributed by atoms with van der Waals surface area (Å²) in [5.74, 6) is -0.518. The summed E-state index contributed by atoms with van der Waals surface area (Å²) >= 11 is 10.9. The van der Waals surface area contributed by atoms with Crippen LogP contribution >= 0.6 is 23.2 Å². The second kappa shape index (κ2) is 4.44. The predicted molar refractivity (Wildman–Crippen MR) is 54.8 cm³/mol. The van der Waals surface area contributed by atoms with Gasteiger partial charge in [0.1, 0.15) is 0 Å². The quantitative estimate of drug-likeness (QED) is 0.551. The minimum absolute atomic E-state index is 0.255. The normalized spacial score (nSPS) is 9.64. The van der Waals surface area contributed by atoms with Gasteiger partial charge in [0.15, 0.2) is 0 Å². The lowest BCUT2D eigenvalue weighted by atomic mass is 10.2. The number of amides is 2. The van der Waals surface area contributed by atoms with Crippen molar-refractivity contribution in [3.05, 3.63) is 34.9 Å². The van der Waals surface area contributed by atoms with Crippen LogP contribution in [0.2, 0.25) is 5.02 Å². The number of carbonyl (C=O) groups is 2. The molecule has 74 valence electrons. The van der Waals surface area contributed by atoms with Gasteiger partial charge in [0.2, 0.25) is 0 Å². The average Bonchev–Trinajstić information content (AvgIpc) is 2.16. The largest absolute Gasteiger partial charge is 0.323 e. The van der Waals surface area contributed by atoms with Crippen molar-refractivity contribution in [2.75, 3.05) is 7.05 Å². The van der Waals surface area contributed by atoms with Crippen molar-refractivity contribution >= 4 is 34.5 Å². The summed E-state index contributed by atoms with van der Waals surface area (Å²) in [4.78, 5) is 23.0. The van der Waals surface area contributed by atoms with Crippen molar-refractivity contribution in [3.8, 4) is 0 Å². The highest BCUT2D eigenvalue weighted by Crippen LogP contribution is 2.16. The maximum absolute atomic E-state index is 11.5. The summed E-state index contributed by atoms with van der Waals surface area (Å²) in [5, 5.41) is -0.544. The molecule has 0 aliphatic rings. The molecule has 0 aromatic heterocycles. The fourth-order valence-corrected chi connectivity index (χ4v) is 1.19. The monoisotopic (exact) mass is 231 g/mol. The highest BCUT2D eigenvalue weighted by atomic mass is 35.5. The van der Waals surface area contributed by atoms with Crippen LogP contribution in [0.4, 0.5) is 4.79 Å². The Morgan fingerprint density at radius 1 is 1.29 bits per heavy atom. The lowest BCUT2D eigenvalue weighted by molar-refractivity contribution is 0.0848. The average molecular weight is 232 g/mol. The van der Waals surface area contributed by atoms with Gasteiger partial charge in [-0.25, -0.2) is 0 Å². The van der Waals surface area contributed by atoms with Gasteiger partial charge in [-0.3, -0.25) is 14.5 Å². The third-order valence-electron chi connectivity index (χ3n) is 1.67. The van der Waals surface area contributed by atoms with Crippen molar-refractivity contribution < 1.29 is 9.59 Å². The molecule has 0 spiro atoms. The number of hydrogen-bond donors (Lipinski definition) is 0. The molecule has 0 saturated heterocycles. The number of rotatable bonds is 1. The number of imide groups is 1. The molecule has 5 heteroatoms. The van der Waals surface area contributed by atoms with E-state index in [1.807, 2.05) is 0 Å². The molecule has 0 N–H and O–H groups in total. The second-order valence-electron chi connectivity index (χ2n) is 2.60. The number of halogens is 2. The standard InChI is InChI=1S/C9H7Cl2NO2/c1-12(9(11)14)8(13)6-4-2-3-5-7(6)10/h2-5H,1H3. The Balaban J connectivity index is 3.01. The highest BCUT2D eigenvalue weighted by Gasteiger charge is 2.18. The molecule has 0 aliphatic carbocycles. The highest BCUT2D eigenvalue weighted by molar-refractivity contribution is 6.64. The van der Waals surface area contributed by atoms with Gasteiger partial charge in [0, 0.05) is 7.05 Å². The summed E-state index contributed by atoms with van der Waals surface area (Å²) in [7, 11) is 1.29. The van der Waals surface area contributed by atoms with E-state index in [9.17, 15) is 9.59 Å². The molecular formula is C9H7Cl2NO2. The maximum Gasteiger partial charge on any atom is 0.323 e. The van der Waals surface area contributed by atoms with Crippen molar-refractivity contribution in [3.63, 3.8) is 0 Å². The lowest BCUT2D eigenvalue weighted by Crippen LogP contribution is -2.28. The Bertz CT molecular complexity index is 379. The van der Waals surface area contributed by atoms with E-state index in [1.165, 1.54) is 13.1 Å². The molecule has 0 heterocycles. The molecule has 0 radical (unpaired) electrons. The first kappa shape index (κ1) is 11.0. The zero-order chi connectivity index (χ0) is 10.7. The summed E-state index contributed by atoms with van der Waals surface area (Å²) in [5.41, 5.74) is 0.255. The maximum atomic E-state index is 11.5. The summed E-state index contributed by atoms with van der Waals surface area (Å²) < 4.78 is 0. The Morgan fingerprint density at radius 2 is 1.86 bits per heavy atom. The van der Waals surface area contributed by atoms with Crippen LogP contribution in [0.1, 0.15) is 10.4 Å². The van der Waals surface area contributed by atoms with Gasteiger partial charge in [-0.05, 0) is 23.7 Å². The van der Waals surface area contributed by atoms with Crippen LogP contribution in [0, 0.1) is 0 Å². The van der Waals surface area contributed by atoms with Gasteiger partial charge < -0.3 is 0 Å². The van der Waals surface area contributed by atoms with E-state index in [1.54, 1.807) is 18.2 Å². The molecule has 1 aromatic rings. The van der Waals surface area contributed by atoms with Gasteiger partial charge in [-0.15, -0.1) is 0 Å². The van der Waals surface area contributed by atoms with Crippen LogP contribution in [0.15, 0.2) is 24.3 Å². The van der Waals surface area contributed by atoms with E-state index in [0.717, 1.165) is 4.90 Å². The Morgan fingerprint density at radius 3 is 2.36 bits per heavy atom. The van der Waals surface area contributed by atoms with E-state index in [0.29, 0.717) is 5.02 Å². The van der Waals surface area contributed by atoms with Crippen LogP contribution in [0.5, 0.6) is 0 Å². The molecule has 0 bridgehead atoms. The van der Waals surface area contributed by atoms with Crippen LogP contribution in [0.3, 0.4) is 0 Å². The van der Waals surface area contributed by atoms with E-state index < -0.39 is 11.3 Å². The molecule has 1 aromatic carbocycles. The Hall–Kier alpha value is -1.06. The summed E-state index contributed by atoms with van der Waals surface area (Å²) in [6.45, 7) is 0. The zero-order valence-corrected chi connectivity index (χ0v) is 8.84.